The molecule has 0 heterocycles. The quantitative estimate of drug-likeness (QED) is 0.301. The Labute approximate surface area is 244 Å². The predicted octanol–water partition coefficient (Wildman–Crippen LogP) is 6.09. The average molecular weight is 611 g/mol. The topological polar surface area (TPSA) is 86.8 Å². The van der Waals surface area contributed by atoms with Gasteiger partial charge in [0.1, 0.15) is 12.6 Å². The zero-order valence-electron chi connectivity index (χ0n) is 22.0. The second kappa shape index (κ2) is 13.0. The third-order valence-corrected chi connectivity index (χ3v) is 8.51. The van der Waals surface area contributed by atoms with Crippen molar-refractivity contribution in [3.63, 3.8) is 0 Å². The summed E-state index contributed by atoms with van der Waals surface area (Å²) in [5.41, 5.74) is 1.59. The van der Waals surface area contributed by atoms with E-state index in [0.717, 1.165) is 9.87 Å². The van der Waals surface area contributed by atoms with Gasteiger partial charge in [-0.15, -0.1) is 0 Å². The van der Waals surface area contributed by atoms with Gasteiger partial charge in [-0.3, -0.25) is 13.9 Å². The smallest absolute Gasteiger partial charge is 0.264 e. The molecule has 0 unspecified atom stereocenters. The van der Waals surface area contributed by atoms with Crippen molar-refractivity contribution in [3.05, 3.63) is 92.9 Å². The maximum atomic E-state index is 13.9. The molecular weight excluding hydrogens is 581 g/mol. The molecule has 1 N–H and O–H groups in total. The maximum Gasteiger partial charge on any atom is 0.264 e. The number of halogens is 3. The molecule has 0 fully saturated rings. The van der Waals surface area contributed by atoms with Gasteiger partial charge in [0, 0.05) is 27.7 Å². The van der Waals surface area contributed by atoms with Gasteiger partial charge < -0.3 is 10.2 Å². The number of sulfonamides is 1. The molecule has 3 aromatic rings. The second-order valence-corrected chi connectivity index (χ2v) is 12.5. The Morgan fingerprint density at radius 2 is 1.49 bits per heavy atom. The van der Waals surface area contributed by atoms with Gasteiger partial charge in [-0.1, -0.05) is 70.7 Å². The van der Waals surface area contributed by atoms with Gasteiger partial charge in [-0.2, -0.15) is 0 Å². The van der Waals surface area contributed by atoms with E-state index in [0.29, 0.717) is 10.6 Å². The Morgan fingerprint density at radius 3 is 2.05 bits per heavy atom. The fourth-order valence-corrected chi connectivity index (χ4v) is 5.96. The molecule has 7 nitrogen and oxygen atoms in total. The van der Waals surface area contributed by atoms with Crippen molar-refractivity contribution in [2.45, 2.75) is 51.2 Å². The molecule has 0 saturated heterocycles. The third kappa shape index (κ3) is 7.88. The van der Waals surface area contributed by atoms with Crippen molar-refractivity contribution >= 4 is 62.3 Å². The SMILES string of the molecule is Cc1ccc(S(=O)(=O)N(CC(=O)N(Cc2ccccc2Cl)[C@H](C)C(=O)NC(C)C)c2cc(Cl)cc(Cl)c2)cc1. The van der Waals surface area contributed by atoms with Gasteiger partial charge in [0.25, 0.3) is 10.0 Å². The van der Waals surface area contributed by atoms with E-state index < -0.39 is 28.5 Å². The van der Waals surface area contributed by atoms with Crippen LogP contribution in [-0.2, 0) is 26.2 Å². The van der Waals surface area contributed by atoms with Crippen molar-refractivity contribution in [3.8, 4) is 0 Å². The summed E-state index contributed by atoms with van der Waals surface area (Å²) in [7, 11) is -4.24. The predicted molar refractivity (Wildman–Crippen MR) is 157 cm³/mol. The molecule has 2 amide bonds. The molecule has 0 saturated carbocycles. The molecule has 0 aromatic heterocycles. The fourth-order valence-electron chi connectivity index (χ4n) is 3.85. The molecule has 3 aromatic carbocycles. The van der Waals surface area contributed by atoms with Crippen molar-refractivity contribution in [1.29, 1.82) is 0 Å². The monoisotopic (exact) mass is 609 g/mol. The van der Waals surface area contributed by atoms with Crippen LogP contribution in [0.1, 0.15) is 31.9 Å². The highest BCUT2D eigenvalue weighted by molar-refractivity contribution is 7.92. The Bertz CT molecular complexity index is 1430. The van der Waals surface area contributed by atoms with E-state index in [4.69, 9.17) is 34.8 Å². The molecule has 0 aliphatic carbocycles. The van der Waals surface area contributed by atoms with Gasteiger partial charge in [0.2, 0.25) is 11.8 Å². The molecule has 11 heteroatoms. The Morgan fingerprint density at radius 1 is 0.897 bits per heavy atom. The molecule has 0 radical (unpaired) electrons. The summed E-state index contributed by atoms with van der Waals surface area (Å²) in [6, 6.07) is 16.4. The van der Waals surface area contributed by atoms with Crippen molar-refractivity contribution in [2.24, 2.45) is 0 Å². The number of carbonyl (C=O) groups excluding carboxylic acids is 2. The molecule has 0 spiro atoms. The van der Waals surface area contributed by atoms with Crippen LogP contribution in [0.5, 0.6) is 0 Å². The van der Waals surface area contributed by atoms with Gasteiger partial charge in [0.15, 0.2) is 0 Å². The number of carbonyl (C=O) groups is 2. The fraction of sp³-hybridized carbons (Fsp3) is 0.286. The minimum atomic E-state index is -4.24. The zero-order chi connectivity index (χ0) is 28.9. The lowest BCUT2D eigenvalue weighted by atomic mass is 10.1. The largest absolute Gasteiger partial charge is 0.352 e. The molecule has 3 rings (SSSR count). The van der Waals surface area contributed by atoms with Gasteiger partial charge in [-0.25, -0.2) is 8.42 Å². The standard InChI is InChI=1S/C28H30Cl3N3O4S/c1-18(2)32-28(36)20(4)33(16-21-7-5-6-8-26(21)31)27(35)17-34(24-14-22(29)13-23(30)15-24)39(37,38)25-11-9-19(3)10-12-25/h5-15,18,20H,16-17H2,1-4H3,(H,32,36)/t20-/m1/s1. The highest BCUT2D eigenvalue weighted by Gasteiger charge is 2.33. The normalized spacial score (nSPS) is 12.2. The molecule has 0 aliphatic rings. The Balaban J connectivity index is 2.08. The number of hydrogen-bond acceptors (Lipinski definition) is 4. The molecular formula is C28H30Cl3N3O4S. The van der Waals surface area contributed by atoms with E-state index in [9.17, 15) is 18.0 Å². The minimum Gasteiger partial charge on any atom is -0.352 e. The minimum absolute atomic E-state index is 0.0137. The molecule has 0 bridgehead atoms. The summed E-state index contributed by atoms with van der Waals surface area (Å²) in [5, 5.41) is 3.62. The third-order valence-electron chi connectivity index (χ3n) is 5.92. The summed E-state index contributed by atoms with van der Waals surface area (Å²) >= 11 is 18.8. The second-order valence-electron chi connectivity index (χ2n) is 9.40. The van der Waals surface area contributed by atoms with Crippen LogP contribution in [0.2, 0.25) is 15.1 Å². The van der Waals surface area contributed by atoms with Crippen molar-refractivity contribution in [2.75, 3.05) is 10.8 Å². The van der Waals surface area contributed by atoms with Crippen LogP contribution in [0.15, 0.2) is 71.6 Å². The van der Waals surface area contributed by atoms with E-state index in [1.165, 1.54) is 35.2 Å². The summed E-state index contributed by atoms with van der Waals surface area (Å²) in [4.78, 5) is 28.2. The van der Waals surface area contributed by atoms with E-state index >= 15 is 0 Å². The van der Waals surface area contributed by atoms with E-state index in [2.05, 4.69) is 5.32 Å². The van der Waals surface area contributed by atoms with E-state index in [1.807, 2.05) is 20.8 Å². The molecule has 1 atom stereocenters. The van der Waals surface area contributed by atoms with E-state index in [1.54, 1.807) is 43.3 Å². The zero-order valence-corrected chi connectivity index (χ0v) is 25.1. The summed E-state index contributed by atoms with van der Waals surface area (Å²) in [6.45, 7) is 6.41. The first kappa shape index (κ1) is 30.8. The number of anilines is 1. The first-order valence-electron chi connectivity index (χ1n) is 12.2. The summed E-state index contributed by atoms with van der Waals surface area (Å²) in [6.07, 6.45) is 0. The van der Waals surface area contributed by atoms with E-state index in [-0.39, 0.29) is 39.1 Å². The number of nitrogens with zero attached hydrogens (tertiary/aromatic N) is 2. The summed E-state index contributed by atoms with van der Waals surface area (Å²) < 4.78 is 28.7. The van der Waals surface area contributed by atoms with Crippen LogP contribution >= 0.6 is 34.8 Å². The summed E-state index contributed by atoms with van der Waals surface area (Å²) in [5.74, 6) is -1.00. The number of hydrogen-bond donors (Lipinski definition) is 1. The van der Waals surface area contributed by atoms with Crippen LogP contribution in [0.4, 0.5) is 5.69 Å². The van der Waals surface area contributed by atoms with Crippen LogP contribution in [-0.4, -0.2) is 43.8 Å². The van der Waals surface area contributed by atoms with Crippen LogP contribution in [0, 0.1) is 6.92 Å². The lowest BCUT2D eigenvalue weighted by Crippen LogP contribution is -2.52. The van der Waals surface area contributed by atoms with Crippen molar-refractivity contribution in [1.82, 2.24) is 10.2 Å². The lowest BCUT2D eigenvalue weighted by molar-refractivity contribution is -0.139. The lowest BCUT2D eigenvalue weighted by Gasteiger charge is -2.32. The molecule has 208 valence electrons. The number of rotatable bonds is 10. The van der Waals surface area contributed by atoms with Gasteiger partial charge >= 0.3 is 0 Å². The number of benzene rings is 3. The van der Waals surface area contributed by atoms with Gasteiger partial charge in [-0.05, 0) is 69.7 Å². The van der Waals surface area contributed by atoms with Crippen LogP contribution < -0.4 is 9.62 Å². The highest BCUT2D eigenvalue weighted by Crippen LogP contribution is 2.30. The number of aryl methyl sites for hydroxylation is 1. The van der Waals surface area contributed by atoms with Crippen LogP contribution in [0.25, 0.3) is 0 Å². The Hall–Kier alpha value is -2.78. The number of amides is 2. The first-order valence-corrected chi connectivity index (χ1v) is 14.8. The van der Waals surface area contributed by atoms with Crippen molar-refractivity contribution < 1.29 is 18.0 Å². The number of nitrogens with one attached hydrogen (secondary N) is 1. The van der Waals surface area contributed by atoms with Gasteiger partial charge in [0.05, 0.1) is 10.6 Å². The Kier molecular flexibility index (Phi) is 10.3. The average Bonchev–Trinajstić information content (AvgIpc) is 2.85. The molecule has 39 heavy (non-hydrogen) atoms. The highest BCUT2D eigenvalue weighted by atomic mass is 35.5. The van der Waals surface area contributed by atoms with Crippen LogP contribution in [0.3, 0.4) is 0 Å². The first-order chi connectivity index (χ1) is 18.3. The molecule has 0 aliphatic heterocycles. The maximum absolute atomic E-state index is 13.9.